The van der Waals surface area contributed by atoms with Gasteiger partial charge in [0.1, 0.15) is 5.75 Å². The summed E-state index contributed by atoms with van der Waals surface area (Å²) >= 11 is 0. The van der Waals surface area contributed by atoms with Crippen molar-refractivity contribution in [3.05, 3.63) is 95.3 Å². The van der Waals surface area contributed by atoms with Crippen molar-refractivity contribution in [2.45, 2.75) is 38.4 Å². The minimum Gasteiger partial charge on any atom is -0.506 e. The van der Waals surface area contributed by atoms with Crippen LogP contribution >= 0.6 is 0 Å². The number of amides is 1. The fraction of sp³-hybridized carbons (Fsp3) is 0.300. The van der Waals surface area contributed by atoms with E-state index in [0.717, 1.165) is 12.0 Å². The van der Waals surface area contributed by atoms with Gasteiger partial charge < -0.3 is 25.0 Å². The predicted octanol–water partition coefficient (Wildman–Crippen LogP) is 5.35. The van der Waals surface area contributed by atoms with Gasteiger partial charge in [0.05, 0.1) is 5.69 Å². The first kappa shape index (κ1) is 24.1. The summed E-state index contributed by atoms with van der Waals surface area (Å²) in [5.74, 6) is -0.508. The predicted molar refractivity (Wildman–Crippen MR) is 139 cm³/mol. The molecule has 2 aliphatic rings. The largest absolute Gasteiger partial charge is 0.506 e. The van der Waals surface area contributed by atoms with Gasteiger partial charge in [-0.3, -0.25) is 4.79 Å². The Bertz CT molecular complexity index is 1280. The molecule has 1 aliphatic heterocycles. The summed E-state index contributed by atoms with van der Waals surface area (Å²) in [6, 6.07) is 21.6. The molecule has 1 heterocycles. The number of benzene rings is 3. The highest BCUT2D eigenvalue weighted by Crippen LogP contribution is 2.43. The van der Waals surface area contributed by atoms with Gasteiger partial charge in [0, 0.05) is 25.0 Å². The van der Waals surface area contributed by atoms with Crippen molar-refractivity contribution in [1.82, 2.24) is 0 Å². The highest BCUT2D eigenvalue weighted by atomic mass is 16.7. The normalized spacial score (nSPS) is 20.2. The van der Waals surface area contributed by atoms with E-state index >= 15 is 0 Å². The van der Waals surface area contributed by atoms with Crippen LogP contribution in [0.15, 0.2) is 78.6 Å². The van der Waals surface area contributed by atoms with Crippen LogP contribution in [0.3, 0.4) is 0 Å². The lowest BCUT2D eigenvalue weighted by molar-refractivity contribution is -0.165. The molecule has 3 unspecified atom stereocenters. The molecule has 1 amide bonds. The van der Waals surface area contributed by atoms with Gasteiger partial charge in [0.2, 0.25) is 6.29 Å². The van der Waals surface area contributed by atoms with Crippen LogP contribution in [0.1, 0.15) is 42.4 Å². The molecule has 6 heteroatoms. The average Bonchev–Trinajstić information content (AvgIpc) is 3.27. The van der Waals surface area contributed by atoms with E-state index in [-0.39, 0.29) is 30.0 Å². The van der Waals surface area contributed by atoms with E-state index < -0.39 is 12.2 Å². The molecule has 0 saturated heterocycles. The maximum absolute atomic E-state index is 13.2. The van der Waals surface area contributed by atoms with Crippen LogP contribution in [0, 0.1) is 5.92 Å². The number of para-hydroxylation sites is 2. The third-order valence-electron chi connectivity index (χ3n) is 6.99. The van der Waals surface area contributed by atoms with E-state index in [1.165, 1.54) is 28.3 Å². The Morgan fingerprint density at radius 2 is 1.83 bits per heavy atom. The summed E-state index contributed by atoms with van der Waals surface area (Å²) in [5.41, 5.74) is 6.51. The van der Waals surface area contributed by atoms with Gasteiger partial charge >= 0.3 is 0 Å². The smallest absolute Gasteiger partial charge is 0.290 e. The van der Waals surface area contributed by atoms with Gasteiger partial charge in [-0.05, 0) is 72.2 Å². The fourth-order valence-corrected chi connectivity index (χ4v) is 5.28. The number of carbonyl (C=O) groups excluding carboxylic acids is 1. The lowest BCUT2D eigenvalue weighted by atomic mass is 9.80. The zero-order valence-corrected chi connectivity index (χ0v) is 20.3. The van der Waals surface area contributed by atoms with Crippen LogP contribution in [-0.4, -0.2) is 35.6 Å². The molecular weight excluding hydrogens is 454 g/mol. The first-order valence-corrected chi connectivity index (χ1v) is 12.5. The Kier molecular flexibility index (Phi) is 7.07. The summed E-state index contributed by atoms with van der Waals surface area (Å²) in [4.78, 5) is 13.2. The first-order valence-electron chi connectivity index (χ1n) is 12.5. The quantitative estimate of drug-likeness (QED) is 0.293. The molecular formula is C30H31NO5. The highest BCUT2D eigenvalue weighted by Gasteiger charge is 2.38. The second kappa shape index (κ2) is 10.6. The van der Waals surface area contributed by atoms with Gasteiger partial charge in [-0.2, -0.15) is 0 Å². The summed E-state index contributed by atoms with van der Waals surface area (Å²) in [6.45, 7) is 2.40. The lowest BCUT2D eigenvalue weighted by Crippen LogP contribution is -2.37. The van der Waals surface area contributed by atoms with Crippen LogP contribution in [0.5, 0.6) is 5.75 Å². The van der Waals surface area contributed by atoms with Gasteiger partial charge in [0.25, 0.3) is 5.91 Å². The van der Waals surface area contributed by atoms with Crippen molar-refractivity contribution in [3.63, 3.8) is 0 Å². The number of fused-ring (bicyclic) bond motifs is 3. The van der Waals surface area contributed by atoms with Crippen LogP contribution in [0.4, 0.5) is 5.69 Å². The van der Waals surface area contributed by atoms with Gasteiger partial charge in [-0.15, -0.1) is 0 Å². The second-order valence-corrected chi connectivity index (χ2v) is 9.25. The number of phenolic OH excluding ortho intramolecular Hbond substituents is 1. The van der Waals surface area contributed by atoms with Crippen molar-refractivity contribution in [2.24, 2.45) is 5.92 Å². The zero-order valence-electron chi connectivity index (χ0n) is 20.3. The number of nitrogens with one attached hydrogen (secondary N) is 1. The number of anilines is 1. The Labute approximate surface area is 211 Å². The summed E-state index contributed by atoms with van der Waals surface area (Å²) in [5, 5.41) is 22.4. The maximum Gasteiger partial charge on any atom is 0.290 e. The summed E-state index contributed by atoms with van der Waals surface area (Å²) in [7, 11) is 0. The SMILES string of the molecule is CCOC1OC(C(=O)Nc2ccccc2O)=CC(c2ccc3c(c2)Cc2ccccc2-3)C1CCCO. The average molecular weight is 486 g/mol. The number of aliphatic hydroxyl groups is 1. The molecule has 3 aromatic carbocycles. The Balaban J connectivity index is 1.50. The monoisotopic (exact) mass is 485 g/mol. The standard InChI is InChI=1S/C30H31NO5/c1-2-35-30-24(10-7-15-32)25(18-28(36-30)29(34)31-26-11-5-6-12-27(26)33)20-13-14-23-21(17-20)16-19-8-3-4-9-22(19)23/h3-6,8-9,11-14,17-18,24-25,30,32-33H,2,7,10,15-16H2,1H3,(H,31,34). The number of ether oxygens (including phenoxy) is 2. The minimum absolute atomic E-state index is 0.0146. The molecule has 6 nitrogen and oxygen atoms in total. The number of rotatable bonds is 8. The molecule has 1 aliphatic carbocycles. The van der Waals surface area contributed by atoms with E-state index in [9.17, 15) is 15.0 Å². The van der Waals surface area contributed by atoms with E-state index in [0.29, 0.717) is 25.1 Å². The summed E-state index contributed by atoms with van der Waals surface area (Å²) in [6.07, 6.45) is 3.40. The van der Waals surface area contributed by atoms with E-state index in [2.05, 4.69) is 47.8 Å². The molecule has 0 spiro atoms. The third-order valence-corrected chi connectivity index (χ3v) is 6.99. The van der Waals surface area contributed by atoms with Crippen LogP contribution < -0.4 is 5.32 Å². The number of aliphatic hydroxyl groups excluding tert-OH is 1. The third kappa shape index (κ3) is 4.74. The zero-order chi connectivity index (χ0) is 25.1. The molecule has 186 valence electrons. The molecule has 3 N–H and O–H groups in total. The molecule has 3 aromatic rings. The molecule has 36 heavy (non-hydrogen) atoms. The van der Waals surface area contributed by atoms with Crippen molar-refractivity contribution in [1.29, 1.82) is 0 Å². The molecule has 0 aromatic heterocycles. The Morgan fingerprint density at radius 3 is 2.64 bits per heavy atom. The van der Waals surface area contributed by atoms with Gasteiger partial charge in [-0.25, -0.2) is 0 Å². The number of carbonyl (C=O) groups is 1. The highest BCUT2D eigenvalue weighted by molar-refractivity contribution is 6.03. The topological polar surface area (TPSA) is 88.0 Å². The van der Waals surface area contributed by atoms with Gasteiger partial charge in [0.15, 0.2) is 5.76 Å². The Morgan fingerprint density at radius 1 is 1.06 bits per heavy atom. The van der Waals surface area contributed by atoms with Crippen LogP contribution in [0.25, 0.3) is 11.1 Å². The number of phenols is 1. The van der Waals surface area contributed by atoms with Crippen LogP contribution in [-0.2, 0) is 20.7 Å². The lowest BCUT2D eigenvalue weighted by Gasteiger charge is -2.37. The molecule has 0 saturated carbocycles. The number of allylic oxidation sites excluding steroid dienone is 1. The van der Waals surface area contributed by atoms with E-state index in [4.69, 9.17) is 9.47 Å². The van der Waals surface area contributed by atoms with Crippen molar-refractivity contribution in [2.75, 3.05) is 18.5 Å². The number of aromatic hydroxyl groups is 1. The van der Waals surface area contributed by atoms with E-state index in [1.54, 1.807) is 18.2 Å². The number of hydrogen-bond acceptors (Lipinski definition) is 5. The molecule has 0 bridgehead atoms. The fourth-order valence-electron chi connectivity index (χ4n) is 5.28. The first-order chi connectivity index (χ1) is 17.6. The van der Waals surface area contributed by atoms with Crippen molar-refractivity contribution in [3.8, 4) is 16.9 Å². The van der Waals surface area contributed by atoms with Crippen molar-refractivity contribution >= 4 is 11.6 Å². The number of hydrogen-bond donors (Lipinski definition) is 3. The molecule has 5 rings (SSSR count). The van der Waals surface area contributed by atoms with E-state index in [1.807, 2.05) is 13.0 Å². The second-order valence-electron chi connectivity index (χ2n) is 9.25. The van der Waals surface area contributed by atoms with Crippen LogP contribution in [0.2, 0.25) is 0 Å². The minimum atomic E-state index is -0.632. The molecule has 0 radical (unpaired) electrons. The van der Waals surface area contributed by atoms with Gasteiger partial charge in [-0.1, -0.05) is 54.6 Å². The Hall–Kier alpha value is -3.61. The van der Waals surface area contributed by atoms with Crippen molar-refractivity contribution < 1.29 is 24.5 Å². The maximum atomic E-state index is 13.2. The summed E-state index contributed by atoms with van der Waals surface area (Å²) < 4.78 is 12.0. The molecule has 0 fully saturated rings. The molecule has 3 atom stereocenters.